The Hall–Kier alpha value is -2.69. The first-order chi connectivity index (χ1) is 9.63. The van der Waals surface area contributed by atoms with E-state index in [9.17, 15) is 9.59 Å². The van der Waals surface area contributed by atoms with E-state index in [0.717, 1.165) is 5.39 Å². The van der Waals surface area contributed by atoms with E-state index in [0.29, 0.717) is 22.0 Å². The van der Waals surface area contributed by atoms with Crippen LogP contribution >= 0.6 is 0 Å². The summed E-state index contributed by atoms with van der Waals surface area (Å²) in [6, 6.07) is 8.59. The number of fused-ring (bicyclic) bond motifs is 3. The second-order valence-corrected chi connectivity index (χ2v) is 4.49. The number of rotatable bonds is 1. The SMILES string of the molecule is COC(=O)c1ccc2c3ncccc3c(=O)n(C)c2c1. The first-order valence-electron chi connectivity index (χ1n) is 6.09. The van der Waals surface area contributed by atoms with Crippen LogP contribution in [0.1, 0.15) is 10.4 Å². The lowest BCUT2D eigenvalue weighted by atomic mass is 10.1. The first-order valence-corrected chi connectivity index (χ1v) is 6.09. The summed E-state index contributed by atoms with van der Waals surface area (Å²) < 4.78 is 6.22. The Balaban J connectivity index is 2.48. The predicted molar refractivity (Wildman–Crippen MR) is 75.8 cm³/mol. The van der Waals surface area contributed by atoms with Crippen LogP contribution in [0.3, 0.4) is 0 Å². The largest absolute Gasteiger partial charge is 0.465 e. The van der Waals surface area contributed by atoms with Crippen LogP contribution in [0.4, 0.5) is 0 Å². The summed E-state index contributed by atoms with van der Waals surface area (Å²) in [5.74, 6) is -0.430. The highest BCUT2D eigenvalue weighted by atomic mass is 16.5. The number of pyridine rings is 2. The number of hydrogen-bond acceptors (Lipinski definition) is 4. The van der Waals surface area contributed by atoms with E-state index >= 15 is 0 Å². The molecule has 1 aromatic carbocycles. The monoisotopic (exact) mass is 268 g/mol. The van der Waals surface area contributed by atoms with E-state index in [1.54, 1.807) is 43.6 Å². The van der Waals surface area contributed by atoms with Crippen molar-refractivity contribution in [3.63, 3.8) is 0 Å². The Bertz CT molecular complexity index is 897. The molecule has 3 aromatic rings. The molecule has 20 heavy (non-hydrogen) atoms. The maximum atomic E-state index is 12.3. The van der Waals surface area contributed by atoms with E-state index < -0.39 is 5.97 Å². The van der Waals surface area contributed by atoms with E-state index in [1.165, 1.54) is 11.7 Å². The minimum Gasteiger partial charge on any atom is -0.465 e. The molecule has 0 radical (unpaired) electrons. The first kappa shape index (κ1) is 12.3. The third-order valence-electron chi connectivity index (χ3n) is 3.38. The summed E-state index contributed by atoms with van der Waals surface area (Å²) in [5, 5.41) is 1.39. The van der Waals surface area contributed by atoms with Gasteiger partial charge in [-0.05, 0) is 30.3 Å². The predicted octanol–water partition coefficient (Wildman–Crippen LogP) is 1.87. The normalized spacial score (nSPS) is 10.9. The average Bonchev–Trinajstić information content (AvgIpc) is 2.51. The topological polar surface area (TPSA) is 61.2 Å². The van der Waals surface area contributed by atoms with Crippen molar-refractivity contribution in [1.82, 2.24) is 9.55 Å². The molecular formula is C15H12N2O3. The van der Waals surface area contributed by atoms with Gasteiger partial charge in [0, 0.05) is 18.6 Å². The summed E-state index contributed by atoms with van der Waals surface area (Å²) in [6.07, 6.45) is 1.65. The Morgan fingerprint density at radius 1 is 1.25 bits per heavy atom. The van der Waals surface area contributed by atoms with Crippen molar-refractivity contribution in [2.75, 3.05) is 7.11 Å². The molecule has 0 saturated heterocycles. The molecule has 2 heterocycles. The molecule has 5 nitrogen and oxygen atoms in total. The van der Waals surface area contributed by atoms with Gasteiger partial charge in [0.1, 0.15) is 0 Å². The highest BCUT2D eigenvalue weighted by Gasteiger charge is 2.12. The van der Waals surface area contributed by atoms with Gasteiger partial charge in [-0.3, -0.25) is 9.78 Å². The number of nitrogens with zero attached hydrogens (tertiary/aromatic N) is 2. The summed E-state index contributed by atoms with van der Waals surface area (Å²) in [7, 11) is 3.01. The second-order valence-electron chi connectivity index (χ2n) is 4.49. The van der Waals surface area contributed by atoms with Gasteiger partial charge in [0.15, 0.2) is 0 Å². The smallest absolute Gasteiger partial charge is 0.337 e. The molecule has 0 atom stereocenters. The maximum absolute atomic E-state index is 12.3. The molecule has 0 spiro atoms. The molecule has 0 aliphatic heterocycles. The Morgan fingerprint density at radius 2 is 2.05 bits per heavy atom. The van der Waals surface area contributed by atoms with Gasteiger partial charge < -0.3 is 9.30 Å². The highest BCUT2D eigenvalue weighted by Crippen LogP contribution is 2.21. The van der Waals surface area contributed by atoms with E-state index in [4.69, 9.17) is 4.74 Å². The van der Waals surface area contributed by atoms with Crippen LogP contribution in [0.2, 0.25) is 0 Å². The number of hydrogen-bond donors (Lipinski definition) is 0. The van der Waals surface area contributed by atoms with Crippen molar-refractivity contribution in [2.45, 2.75) is 0 Å². The zero-order chi connectivity index (χ0) is 14.3. The molecule has 0 amide bonds. The van der Waals surface area contributed by atoms with Crippen molar-refractivity contribution in [2.24, 2.45) is 7.05 Å². The van der Waals surface area contributed by atoms with Crippen molar-refractivity contribution >= 4 is 27.8 Å². The third-order valence-corrected chi connectivity index (χ3v) is 3.38. The molecular weight excluding hydrogens is 256 g/mol. The standard InChI is InChI=1S/C15H12N2O3/c1-17-12-8-9(15(19)20-2)5-6-10(12)13-11(14(17)18)4-3-7-16-13/h3-8H,1-2H3. The molecule has 0 bridgehead atoms. The molecule has 0 fully saturated rings. The number of ether oxygens (including phenoxy) is 1. The zero-order valence-corrected chi connectivity index (χ0v) is 11.1. The van der Waals surface area contributed by atoms with Crippen LogP contribution in [-0.2, 0) is 11.8 Å². The van der Waals surface area contributed by atoms with Gasteiger partial charge in [-0.1, -0.05) is 0 Å². The zero-order valence-electron chi connectivity index (χ0n) is 11.1. The molecule has 3 rings (SSSR count). The minimum atomic E-state index is -0.430. The van der Waals surface area contributed by atoms with E-state index in [2.05, 4.69) is 4.98 Å². The van der Waals surface area contributed by atoms with Gasteiger partial charge in [-0.15, -0.1) is 0 Å². The number of carbonyl (C=O) groups is 1. The number of aryl methyl sites for hydroxylation is 1. The van der Waals surface area contributed by atoms with Gasteiger partial charge >= 0.3 is 5.97 Å². The van der Waals surface area contributed by atoms with Gasteiger partial charge in [0.05, 0.1) is 29.1 Å². The average molecular weight is 268 g/mol. The molecule has 0 N–H and O–H groups in total. The van der Waals surface area contributed by atoms with Crippen molar-refractivity contribution < 1.29 is 9.53 Å². The second kappa shape index (κ2) is 4.45. The molecule has 100 valence electrons. The fraction of sp³-hybridized carbons (Fsp3) is 0.133. The molecule has 0 unspecified atom stereocenters. The lowest BCUT2D eigenvalue weighted by Crippen LogP contribution is -2.18. The van der Waals surface area contributed by atoms with Crippen LogP contribution in [0, 0.1) is 0 Å². The van der Waals surface area contributed by atoms with Gasteiger partial charge in [-0.2, -0.15) is 0 Å². The van der Waals surface area contributed by atoms with Gasteiger partial charge in [0.25, 0.3) is 5.56 Å². The number of methoxy groups -OCH3 is 1. The van der Waals surface area contributed by atoms with Crippen LogP contribution in [0.15, 0.2) is 41.3 Å². The van der Waals surface area contributed by atoms with Crippen molar-refractivity contribution in [3.05, 3.63) is 52.4 Å². The van der Waals surface area contributed by atoms with Gasteiger partial charge in [0.2, 0.25) is 0 Å². The molecule has 0 aliphatic rings. The quantitative estimate of drug-likeness (QED) is 0.499. The Morgan fingerprint density at radius 3 is 2.80 bits per heavy atom. The number of benzene rings is 1. The minimum absolute atomic E-state index is 0.136. The van der Waals surface area contributed by atoms with Crippen LogP contribution < -0.4 is 5.56 Å². The Labute approximate surface area is 114 Å². The fourth-order valence-electron chi connectivity index (χ4n) is 2.34. The van der Waals surface area contributed by atoms with Crippen molar-refractivity contribution in [3.8, 4) is 0 Å². The van der Waals surface area contributed by atoms with Crippen LogP contribution in [0.25, 0.3) is 21.8 Å². The highest BCUT2D eigenvalue weighted by molar-refractivity contribution is 6.05. The van der Waals surface area contributed by atoms with E-state index in [1.807, 2.05) is 0 Å². The number of carbonyl (C=O) groups excluding carboxylic acids is 1. The molecule has 0 saturated carbocycles. The lowest BCUT2D eigenvalue weighted by Gasteiger charge is -2.09. The number of aromatic nitrogens is 2. The summed E-state index contributed by atoms with van der Waals surface area (Å²) in [6.45, 7) is 0. The van der Waals surface area contributed by atoms with Crippen LogP contribution in [-0.4, -0.2) is 22.6 Å². The molecule has 5 heteroatoms. The van der Waals surface area contributed by atoms with Crippen LogP contribution in [0.5, 0.6) is 0 Å². The lowest BCUT2D eigenvalue weighted by molar-refractivity contribution is 0.0601. The van der Waals surface area contributed by atoms with E-state index in [-0.39, 0.29) is 5.56 Å². The third kappa shape index (κ3) is 1.67. The molecule has 0 aliphatic carbocycles. The summed E-state index contributed by atoms with van der Waals surface area (Å²) in [4.78, 5) is 28.2. The van der Waals surface area contributed by atoms with Gasteiger partial charge in [-0.25, -0.2) is 4.79 Å². The Kier molecular flexibility index (Phi) is 2.75. The summed E-state index contributed by atoms with van der Waals surface area (Å²) >= 11 is 0. The maximum Gasteiger partial charge on any atom is 0.337 e. The summed E-state index contributed by atoms with van der Waals surface area (Å²) in [5.41, 5.74) is 1.57. The number of esters is 1. The fourth-order valence-corrected chi connectivity index (χ4v) is 2.34. The molecule has 2 aromatic heterocycles. The van der Waals surface area contributed by atoms with Crippen molar-refractivity contribution in [1.29, 1.82) is 0 Å².